The van der Waals surface area contributed by atoms with Crippen LogP contribution in [0.15, 0.2) is 34.9 Å². The van der Waals surface area contributed by atoms with E-state index in [2.05, 4.69) is 24.0 Å². The Bertz CT molecular complexity index is 821. The molecule has 29 heavy (non-hydrogen) atoms. The predicted molar refractivity (Wildman–Crippen MR) is 106 cm³/mol. The second-order valence-electron chi connectivity index (χ2n) is 7.68. The number of ether oxygens (including phenoxy) is 1. The third kappa shape index (κ3) is 5.41. The second kappa shape index (κ2) is 9.65. The van der Waals surface area contributed by atoms with Gasteiger partial charge in [-0.05, 0) is 11.5 Å². The Morgan fingerprint density at radius 3 is 2.69 bits per heavy atom. The number of carbonyl (C=O) groups excluding carboxylic acids is 2. The number of nitrogens with zero attached hydrogens (tertiary/aromatic N) is 4. The van der Waals surface area contributed by atoms with Crippen LogP contribution < -0.4 is 0 Å². The molecule has 2 aromatic rings. The molecule has 0 unspecified atom stereocenters. The zero-order valence-corrected chi connectivity index (χ0v) is 17.2. The van der Waals surface area contributed by atoms with Crippen LogP contribution in [0.3, 0.4) is 0 Å². The summed E-state index contributed by atoms with van der Waals surface area (Å²) in [5, 5.41) is 4.01. The molecule has 2 heterocycles. The molecule has 1 aromatic heterocycles. The van der Waals surface area contributed by atoms with Crippen LogP contribution in [0.1, 0.15) is 31.1 Å². The third-order valence-corrected chi connectivity index (χ3v) is 4.86. The van der Waals surface area contributed by atoms with Gasteiger partial charge in [-0.1, -0.05) is 49.3 Å². The first-order valence-corrected chi connectivity index (χ1v) is 9.90. The van der Waals surface area contributed by atoms with E-state index in [1.54, 1.807) is 16.9 Å². The van der Waals surface area contributed by atoms with Gasteiger partial charge < -0.3 is 19.1 Å². The van der Waals surface area contributed by atoms with Gasteiger partial charge in [0.25, 0.3) is 0 Å². The second-order valence-corrected chi connectivity index (χ2v) is 7.68. The predicted octanol–water partition coefficient (Wildman–Crippen LogP) is 1.70. The van der Waals surface area contributed by atoms with Gasteiger partial charge in [0.15, 0.2) is 5.82 Å². The molecule has 1 fully saturated rings. The summed E-state index contributed by atoms with van der Waals surface area (Å²) in [6, 6.07) is 9.08. The molecule has 0 spiro atoms. The van der Waals surface area contributed by atoms with Gasteiger partial charge in [0.2, 0.25) is 17.7 Å². The topological polar surface area (TPSA) is 88.8 Å². The average Bonchev–Trinajstić information content (AvgIpc) is 3.13. The van der Waals surface area contributed by atoms with Gasteiger partial charge in [-0.2, -0.15) is 4.98 Å². The molecule has 0 radical (unpaired) electrons. The number of hydrogen-bond donors (Lipinski definition) is 0. The summed E-state index contributed by atoms with van der Waals surface area (Å²) >= 11 is 0. The van der Waals surface area contributed by atoms with Crippen LogP contribution in [0.25, 0.3) is 0 Å². The highest BCUT2D eigenvalue weighted by Crippen LogP contribution is 2.20. The van der Waals surface area contributed by atoms with Crippen LogP contribution in [0.2, 0.25) is 0 Å². The Balaban J connectivity index is 1.80. The number of amides is 2. The van der Waals surface area contributed by atoms with Gasteiger partial charge in [0, 0.05) is 26.5 Å². The third-order valence-electron chi connectivity index (χ3n) is 4.86. The van der Waals surface area contributed by atoms with Crippen LogP contribution in [0.4, 0.5) is 0 Å². The van der Waals surface area contributed by atoms with Crippen molar-refractivity contribution in [1.29, 1.82) is 0 Å². The van der Waals surface area contributed by atoms with E-state index in [1.165, 1.54) is 0 Å². The van der Waals surface area contributed by atoms with Crippen LogP contribution in [0.5, 0.6) is 0 Å². The average molecular weight is 400 g/mol. The molecule has 1 aromatic carbocycles. The molecule has 0 saturated carbocycles. The van der Waals surface area contributed by atoms with Crippen LogP contribution in [-0.2, 0) is 33.7 Å². The van der Waals surface area contributed by atoms with Crippen LogP contribution in [0, 0.1) is 5.92 Å². The Kier molecular flexibility index (Phi) is 6.98. The van der Waals surface area contributed by atoms with Crippen molar-refractivity contribution in [2.45, 2.75) is 39.3 Å². The molecule has 8 nitrogen and oxygen atoms in total. The smallest absolute Gasteiger partial charge is 0.246 e. The highest BCUT2D eigenvalue weighted by atomic mass is 16.5. The van der Waals surface area contributed by atoms with Gasteiger partial charge in [-0.25, -0.2) is 0 Å². The number of hydrogen-bond acceptors (Lipinski definition) is 6. The van der Waals surface area contributed by atoms with Crippen LogP contribution in [-0.4, -0.2) is 64.6 Å². The van der Waals surface area contributed by atoms with E-state index < -0.39 is 6.04 Å². The van der Waals surface area contributed by atoms with E-state index in [1.807, 2.05) is 30.3 Å². The molecule has 1 atom stereocenters. The van der Waals surface area contributed by atoms with Gasteiger partial charge in [-0.15, -0.1) is 0 Å². The van der Waals surface area contributed by atoms with Crippen molar-refractivity contribution < 1.29 is 18.8 Å². The molecule has 1 aliphatic rings. The van der Waals surface area contributed by atoms with Crippen molar-refractivity contribution in [3.05, 3.63) is 47.6 Å². The van der Waals surface area contributed by atoms with E-state index in [0.29, 0.717) is 43.6 Å². The molecular weight excluding hydrogens is 372 g/mol. The molecule has 3 rings (SSSR count). The van der Waals surface area contributed by atoms with Gasteiger partial charge in [0.1, 0.15) is 6.04 Å². The zero-order valence-electron chi connectivity index (χ0n) is 17.2. The highest BCUT2D eigenvalue weighted by Gasteiger charge is 2.39. The maximum absolute atomic E-state index is 13.1. The van der Waals surface area contributed by atoms with Crippen molar-refractivity contribution in [2.75, 3.05) is 26.8 Å². The van der Waals surface area contributed by atoms with Crippen molar-refractivity contribution >= 4 is 11.8 Å². The maximum atomic E-state index is 13.1. The lowest BCUT2D eigenvalue weighted by atomic mass is 10.0. The fourth-order valence-corrected chi connectivity index (χ4v) is 3.41. The van der Waals surface area contributed by atoms with Crippen molar-refractivity contribution in [3.8, 4) is 0 Å². The van der Waals surface area contributed by atoms with E-state index in [9.17, 15) is 9.59 Å². The number of aromatic nitrogens is 2. The summed E-state index contributed by atoms with van der Waals surface area (Å²) < 4.78 is 10.4. The molecule has 1 saturated heterocycles. The standard InChI is InChI=1S/C21H28N4O4/c1-15(2)11-19-22-18(23-29-19)13-25-17(12-16-7-5-4-6-8-16)21(27)24(9-10-28-3)14-20(25)26/h4-8,15,17H,9-14H2,1-3H3/t17-/m1/s1. The van der Waals surface area contributed by atoms with E-state index >= 15 is 0 Å². The van der Waals surface area contributed by atoms with Crippen molar-refractivity contribution in [1.82, 2.24) is 19.9 Å². The SMILES string of the molecule is COCCN1CC(=O)N(Cc2noc(CC(C)C)n2)[C@H](Cc2ccccc2)C1=O. The first-order valence-electron chi connectivity index (χ1n) is 9.90. The summed E-state index contributed by atoms with van der Waals surface area (Å²) in [7, 11) is 1.58. The van der Waals surface area contributed by atoms with E-state index in [-0.39, 0.29) is 24.9 Å². The fraction of sp³-hybridized carbons (Fsp3) is 0.524. The Labute approximate surface area is 170 Å². The monoisotopic (exact) mass is 400 g/mol. The summed E-state index contributed by atoms with van der Waals surface area (Å²) in [4.78, 5) is 33.6. The summed E-state index contributed by atoms with van der Waals surface area (Å²) in [6.45, 7) is 5.11. The lowest BCUT2D eigenvalue weighted by Gasteiger charge is -2.39. The van der Waals surface area contributed by atoms with E-state index in [4.69, 9.17) is 9.26 Å². The molecule has 156 valence electrons. The number of carbonyl (C=O) groups is 2. The van der Waals surface area contributed by atoms with E-state index in [0.717, 1.165) is 5.56 Å². The molecule has 0 N–H and O–H groups in total. The lowest BCUT2D eigenvalue weighted by molar-refractivity contribution is -0.157. The summed E-state index contributed by atoms with van der Waals surface area (Å²) in [5.74, 6) is 1.15. The number of benzene rings is 1. The number of methoxy groups -OCH3 is 1. The normalized spacial score (nSPS) is 17.4. The lowest BCUT2D eigenvalue weighted by Crippen LogP contribution is -2.60. The molecule has 8 heteroatoms. The maximum Gasteiger partial charge on any atom is 0.246 e. The minimum absolute atomic E-state index is 0.0319. The summed E-state index contributed by atoms with van der Waals surface area (Å²) in [6.07, 6.45) is 1.11. The quantitative estimate of drug-likeness (QED) is 0.637. The minimum atomic E-state index is -0.609. The first kappa shape index (κ1) is 21.0. The van der Waals surface area contributed by atoms with Crippen LogP contribution >= 0.6 is 0 Å². The summed E-state index contributed by atoms with van der Waals surface area (Å²) in [5.41, 5.74) is 0.992. The van der Waals surface area contributed by atoms with Gasteiger partial charge in [-0.3, -0.25) is 9.59 Å². The Morgan fingerprint density at radius 2 is 2.00 bits per heavy atom. The van der Waals surface area contributed by atoms with Crippen molar-refractivity contribution in [3.63, 3.8) is 0 Å². The molecule has 2 amide bonds. The number of piperazine rings is 1. The van der Waals surface area contributed by atoms with Crippen molar-refractivity contribution in [2.24, 2.45) is 5.92 Å². The molecule has 0 bridgehead atoms. The minimum Gasteiger partial charge on any atom is -0.383 e. The molecular formula is C21H28N4O4. The van der Waals surface area contributed by atoms with Gasteiger partial charge >= 0.3 is 0 Å². The largest absolute Gasteiger partial charge is 0.383 e. The Morgan fingerprint density at radius 1 is 1.24 bits per heavy atom. The Hall–Kier alpha value is -2.74. The number of rotatable bonds is 9. The van der Waals surface area contributed by atoms with Gasteiger partial charge in [0.05, 0.1) is 19.7 Å². The highest BCUT2D eigenvalue weighted by molar-refractivity contribution is 5.95. The fourth-order valence-electron chi connectivity index (χ4n) is 3.41. The molecule has 1 aliphatic heterocycles. The zero-order chi connectivity index (χ0) is 20.8. The first-order chi connectivity index (χ1) is 14.0. The molecule has 0 aliphatic carbocycles.